The van der Waals surface area contributed by atoms with E-state index in [4.69, 9.17) is 14.2 Å². The molecule has 6 nitrogen and oxygen atoms in total. The summed E-state index contributed by atoms with van der Waals surface area (Å²) in [6.07, 6.45) is 0. The average Bonchev–Trinajstić information content (AvgIpc) is 3.42. The van der Waals surface area contributed by atoms with Crippen molar-refractivity contribution < 1.29 is 14.1 Å². The van der Waals surface area contributed by atoms with Crippen LogP contribution in [-0.4, -0.2) is 16.0 Å². The number of hydrogen-bond donors (Lipinski definition) is 1. The molecule has 0 aliphatic rings. The summed E-state index contributed by atoms with van der Waals surface area (Å²) in [4.78, 5) is 17.7. The Labute approximate surface area is 207 Å². The molecule has 0 bridgehead atoms. The van der Waals surface area contributed by atoms with Crippen molar-refractivity contribution in [3.8, 4) is 16.3 Å². The lowest BCUT2D eigenvalue weighted by Crippen LogP contribution is -2.15. The summed E-state index contributed by atoms with van der Waals surface area (Å²) >= 11 is 1.66. The van der Waals surface area contributed by atoms with E-state index in [1.54, 1.807) is 18.3 Å². The quantitative estimate of drug-likeness (QED) is 0.281. The predicted octanol–water partition coefficient (Wildman–Crippen LogP) is 7.02. The highest BCUT2D eigenvalue weighted by atomic mass is 32.1. The van der Waals surface area contributed by atoms with Gasteiger partial charge in [0.15, 0.2) is 5.69 Å². The molecule has 2 heterocycles. The summed E-state index contributed by atoms with van der Waals surface area (Å²) in [5.74, 6) is 1.02. The number of hydrogen-bond acceptors (Lipinski definition) is 6. The molecule has 0 atom stereocenters. The number of amides is 1. The van der Waals surface area contributed by atoms with Crippen molar-refractivity contribution in [2.45, 2.75) is 34.3 Å². The maximum absolute atomic E-state index is 13.0. The zero-order valence-corrected chi connectivity index (χ0v) is 20.8. The van der Waals surface area contributed by atoms with Crippen molar-refractivity contribution in [2.24, 2.45) is 0 Å². The molecule has 0 radical (unpaired) electrons. The monoisotopic (exact) mass is 483 g/mol. The second kappa shape index (κ2) is 9.35. The molecule has 1 amide bonds. The third-order valence-corrected chi connectivity index (χ3v) is 6.97. The molecule has 0 saturated carbocycles. The Morgan fingerprint density at radius 3 is 2.49 bits per heavy atom. The van der Waals surface area contributed by atoms with E-state index in [1.807, 2.05) is 62.4 Å². The summed E-state index contributed by atoms with van der Waals surface area (Å²) in [7, 11) is 0. The van der Waals surface area contributed by atoms with Crippen LogP contribution in [0, 0.1) is 27.7 Å². The van der Waals surface area contributed by atoms with Crippen LogP contribution in [0.4, 0.5) is 5.69 Å². The van der Waals surface area contributed by atoms with Crippen LogP contribution in [0.25, 0.3) is 20.8 Å². The first-order valence-electron chi connectivity index (χ1n) is 11.3. The topological polar surface area (TPSA) is 77.3 Å². The molecule has 0 fully saturated rings. The Morgan fingerprint density at radius 1 is 1.00 bits per heavy atom. The molecule has 0 spiro atoms. The van der Waals surface area contributed by atoms with E-state index in [9.17, 15) is 4.79 Å². The molecule has 1 N–H and O–H groups in total. The van der Waals surface area contributed by atoms with Gasteiger partial charge in [-0.1, -0.05) is 29.4 Å². The number of anilines is 1. The molecule has 35 heavy (non-hydrogen) atoms. The zero-order chi connectivity index (χ0) is 24.5. The van der Waals surface area contributed by atoms with E-state index < -0.39 is 0 Å². The van der Waals surface area contributed by atoms with Gasteiger partial charge in [0.05, 0.1) is 15.8 Å². The first-order chi connectivity index (χ1) is 16.9. The number of benzene rings is 3. The third kappa shape index (κ3) is 4.68. The van der Waals surface area contributed by atoms with E-state index in [0.29, 0.717) is 17.0 Å². The van der Waals surface area contributed by atoms with E-state index in [-0.39, 0.29) is 18.2 Å². The van der Waals surface area contributed by atoms with Gasteiger partial charge in [-0.15, -0.1) is 11.3 Å². The highest BCUT2D eigenvalue weighted by molar-refractivity contribution is 7.21. The minimum Gasteiger partial charge on any atom is -0.488 e. The van der Waals surface area contributed by atoms with Crippen LogP contribution in [0.3, 0.4) is 0 Å². The summed E-state index contributed by atoms with van der Waals surface area (Å²) in [6.45, 7) is 8.04. The lowest BCUT2D eigenvalue weighted by Gasteiger charge is -2.12. The fraction of sp³-hybridized carbons (Fsp3) is 0.179. The number of ether oxygens (including phenoxy) is 1. The van der Waals surface area contributed by atoms with Gasteiger partial charge in [0.2, 0.25) is 0 Å². The van der Waals surface area contributed by atoms with Crippen LogP contribution in [0.15, 0.2) is 65.2 Å². The fourth-order valence-electron chi connectivity index (χ4n) is 3.95. The zero-order valence-electron chi connectivity index (χ0n) is 20.0. The van der Waals surface area contributed by atoms with Crippen molar-refractivity contribution in [3.63, 3.8) is 0 Å². The standard InChI is InChI=1S/C28H25N3O3S/c1-16-8-13-23-24(14-16)35-28(30-23)20-9-11-21(12-10-20)29-27(32)25-22(19(4)34-31-25)15-33-26-17(2)6-5-7-18(26)3/h5-14H,15H2,1-4H3,(H,29,32). The van der Waals surface area contributed by atoms with Crippen LogP contribution in [0.5, 0.6) is 5.75 Å². The Balaban J connectivity index is 1.31. The van der Waals surface area contributed by atoms with Crippen LogP contribution in [0.2, 0.25) is 0 Å². The Hall–Kier alpha value is -3.97. The maximum Gasteiger partial charge on any atom is 0.278 e. The fourth-order valence-corrected chi connectivity index (χ4v) is 5.02. The Kier molecular flexibility index (Phi) is 6.09. The number of aryl methyl sites for hydroxylation is 4. The molecule has 0 aliphatic heterocycles. The second-order valence-electron chi connectivity index (χ2n) is 8.60. The lowest BCUT2D eigenvalue weighted by molar-refractivity contribution is 0.101. The number of nitrogens with one attached hydrogen (secondary N) is 1. The number of thiazole rings is 1. The van der Waals surface area contributed by atoms with Gasteiger partial charge < -0.3 is 14.6 Å². The number of carbonyl (C=O) groups excluding carboxylic acids is 1. The molecule has 2 aromatic heterocycles. The van der Waals surface area contributed by atoms with Crippen molar-refractivity contribution in [2.75, 3.05) is 5.32 Å². The number of nitrogens with zero attached hydrogens (tertiary/aromatic N) is 2. The molecule has 0 aliphatic carbocycles. The molecular weight excluding hydrogens is 458 g/mol. The Morgan fingerprint density at radius 2 is 1.74 bits per heavy atom. The van der Waals surface area contributed by atoms with Crippen LogP contribution >= 0.6 is 11.3 Å². The van der Waals surface area contributed by atoms with Crippen LogP contribution < -0.4 is 10.1 Å². The second-order valence-corrected chi connectivity index (χ2v) is 9.63. The maximum atomic E-state index is 13.0. The van der Waals surface area contributed by atoms with Crippen molar-refractivity contribution in [1.29, 1.82) is 0 Å². The minimum atomic E-state index is -0.342. The summed E-state index contributed by atoms with van der Waals surface area (Å²) < 4.78 is 12.5. The number of fused-ring (bicyclic) bond motifs is 1. The minimum absolute atomic E-state index is 0.194. The van der Waals surface area contributed by atoms with E-state index in [1.165, 1.54) is 5.56 Å². The lowest BCUT2D eigenvalue weighted by atomic mass is 10.1. The van der Waals surface area contributed by atoms with Gasteiger partial charge in [0, 0.05) is 11.3 Å². The van der Waals surface area contributed by atoms with E-state index in [2.05, 4.69) is 29.5 Å². The predicted molar refractivity (Wildman–Crippen MR) is 139 cm³/mol. The molecule has 7 heteroatoms. The first kappa shape index (κ1) is 22.8. The van der Waals surface area contributed by atoms with Crippen LogP contribution in [0.1, 0.15) is 38.5 Å². The highest BCUT2D eigenvalue weighted by Crippen LogP contribution is 2.31. The number of rotatable bonds is 6. The smallest absolute Gasteiger partial charge is 0.278 e. The summed E-state index contributed by atoms with van der Waals surface area (Å²) in [5, 5.41) is 7.85. The van der Waals surface area contributed by atoms with Crippen molar-refractivity contribution in [3.05, 3.63) is 94.4 Å². The molecule has 0 unspecified atom stereocenters. The number of carbonyl (C=O) groups is 1. The highest BCUT2D eigenvalue weighted by Gasteiger charge is 2.21. The van der Waals surface area contributed by atoms with Gasteiger partial charge in [0.1, 0.15) is 23.1 Å². The first-order valence-corrected chi connectivity index (χ1v) is 12.1. The van der Waals surface area contributed by atoms with Crippen LogP contribution in [-0.2, 0) is 6.61 Å². The largest absolute Gasteiger partial charge is 0.488 e. The van der Waals surface area contributed by atoms with Gasteiger partial charge in [-0.05, 0) is 80.8 Å². The molecule has 176 valence electrons. The number of aromatic nitrogens is 2. The Bertz CT molecular complexity index is 1510. The molecular formula is C28H25N3O3S. The van der Waals surface area contributed by atoms with E-state index in [0.717, 1.165) is 37.7 Å². The number of para-hydroxylation sites is 1. The average molecular weight is 484 g/mol. The SMILES string of the molecule is Cc1ccc2nc(-c3ccc(NC(=O)c4noc(C)c4COc4c(C)cccc4C)cc3)sc2c1. The van der Waals surface area contributed by atoms with Gasteiger partial charge in [-0.3, -0.25) is 4.79 Å². The van der Waals surface area contributed by atoms with Gasteiger partial charge >= 0.3 is 0 Å². The van der Waals surface area contributed by atoms with E-state index >= 15 is 0 Å². The van der Waals surface area contributed by atoms with Gasteiger partial charge in [-0.2, -0.15) is 0 Å². The summed E-state index contributed by atoms with van der Waals surface area (Å²) in [5.41, 5.74) is 6.80. The summed E-state index contributed by atoms with van der Waals surface area (Å²) in [6, 6.07) is 19.9. The van der Waals surface area contributed by atoms with Gasteiger partial charge in [-0.25, -0.2) is 4.98 Å². The van der Waals surface area contributed by atoms with Crippen molar-refractivity contribution in [1.82, 2.24) is 10.1 Å². The van der Waals surface area contributed by atoms with Gasteiger partial charge in [0.25, 0.3) is 5.91 Å². The van der Waals surface area contributed by atoms with Crippen molar-refractivity contribution >= 4 is 33.1 Å². The molecule has 5 rings (SSSR count). The molecule has 5 aromatic rings. The molecule has 3 aromatic carbocycles. The third-order valence-electron chi connectivity index (χ3n) is 5.90. The normalized spacial score (nSPS) is 11.1. The molecule has 0 saturated heterocycles.